The fourth-order valence-corrected chi connectivity index (χ4v) is 4.46. The minimum atomic E-state index is -0.132. The molecule has 0 aliphatic carbocycles. The van der Waals surface area contributed by atoms with Gasteiger partial charge in [-0.15, -0.1) is 0 Å². The van der Waals surface area contributed by atoms with Crippen molar-refractivity contribution in [2.45, 2.75) is 6.61 Å². The quantitative estimate of drug-likeness (QED) is 0.435. The molecule has 0 unspecified atom stereocenters. The van der Waals surface area contributed by atoms with E-state index in [0.29, 0.717) is 16.3 Å². The fourth-order valence-electron chi connectivity index (χ4n) is 4.22. The lowest BCUT2D eigenvalue weighted by Gasteiger charge is -2.36. The molecular weight excluding hydrogens is 454 g/mol. The van der Waals surface area contributed by atoms with Crippen molar-refractivity contribution in [1.29, 1.82) is 0 Å². The smallest absolute Gasteiger partial charge is 0.227 e. The van der Waals surface area contributed by atoms with Gasteiger partial charge in [0.05, 0.1) is 24.4 Å². The van der Waals surface area contributed by atoms with Crippen molar-refractivity contribution < 1.29 is 9.84 Å². The third kappa shape index (κ3) is 4.20. The van der Waals surface area contributed by atoms with E-state index >= 15 is 0 Å². The number of rotatable bonds is 6. The Balaban J connectivity index is 1.36. The van der Waals surface area contributed by atoms with Gasteiger partial charge in [-0.3, -0.25) is 0 Å². The average molecular weight is 480 g/mol. The molecule has 2 N–H and O–H groups in total. The number of hydrogen-bond acceptors (Lipinski definition) is 8. The molecule has 1 aliphatic rings. The Bertz CT molecular complexity index is 1320. The van der Waals surface area contributed by atoms with Crippen LogP contribution in [0.2, 0.25) is 5.02 Å². The minimum Gasteiger partial charge on any atom is -0.495 e. The SMILES string of the molecule is CNc1ccnc(N2CCN(c3ccn4cc(-c5cc(Cl)c(OC)cc5CO)nc4c3)CC2)n1. The van der Waals surface area contributed by atoms with Gasteiger partial charge in [-0.05, 0) is 29.8 Å². The number of nitrogens with zero attached hydrogens (tertiary/aromatic N) is 6. The van der Waals surface area contributed by atoms with Gasteiger partial charge in [0, 0.05) is 69.1 Å². The molecule has 0 amide bonds. The molecule has 0 radical (unpaired) electrons. The van der Waals surface area contributed by atoms with Crippen molar-refractivity contribution in [3.63, 3.8) is 0 Å². The second-order valence-electron chi connectivity index (χ2n) is 8.04. The second kappa shape index (κ2) is 9.36. The predicted molar refractivity (Wildman–Crippen MR) is 134 cm³/mol. The van der Waals surface area contributed by atoms with Gasteiger partial charge in [-0.25, -0.2) is 9.97 Å². The number of aromatic nitrogens is 4. The van der Waals surface area contributed by atoms with Gasteiger partial charge >= 0.3 is 0 Å². The average Bonchev–Trinajstić information content (AvgIpc) is 3.32. The first-order valence-corrected chi connectivity index (χ1v) is 11.4. The number of ether oxygens (including phenoxy) is 1. The zero-order valence-corrected chi connectivity index (χ0v) is 19.8. The highest BCUT2D eigenvalue weighted by atomic mass is 35.5. The van der Waals surface area contributed by atoms with Crippen LogP contribution in [0.1, 0.15) is 5.56 Å². The molecule has 34 heavy (non-hydrogen) atoms. The van der Waals surface area contributed by atoms with Gasteiger partial charge in [-0.2, -0.15) is 4.98 Å². The monoisotopic (exact) mass is 479 g/mol. The van der Waals surface area contributed by atoms with Crippen LogP contribution in [0.3, 0.4) is 0 Å². The number of piperazine rings is 1. The van der Waals surface area contributed by atoms with Gasteiger partial charge in [0.1, 0.15) is 17.2 Å². The van der Waals surface area contributed by atoms with Crippen molar-refractivity contribution in [2.75, 3.05) is 55.5 Å². The van der Waals surface area contributed by atoms with Crippen LogP contribution in [0.4, 0.5) is 17.5 Å². The molecule has 0 saturated carbocycles. The number of pyridine rings is 1. The molecule has 3 aromatic heterocycles. The first-order chi connectivity index (χ1) is 16.6. The van der Waals surface area contributed by atoms with E-state index in [2.05, 4.69) is 37.2 Å². The van der Waals surface area contributed by atoms with Crippen molar-refractivity contribution in [3.8, 4) is 17.0 Å². The zero-order chi connectivity index (χ0) is 23.7. The Labute approximate surface area is 202 Å². The van der Waals surface area contributed by atoms with Gasteiger partial charge < -0.3 is 29.4 Å². The summed E-state index contributed by atoms with van der Waals surface area (Å²) in [4.78, 5) is 18.3. The highest BCUT2D eigenvalue weighted by molar-refractivity contribution is 6.32. The first kappa shape index (κ1) is 22.2. The molecule has 0 bridgehead atoms. The lowest BCUT2D eigenvalue weighted by Crippen LogP contribution is -2.47. The van der Waals surface area contributed by atoms with Crippen LogP contribution in [0.5, 0.6) is 5.75 Å². The van der Waals surface area contributed by atoms with E-state index in [0.717, 1.165) is 60.5 Å². The van der Waals surface area contributed by atoms with Gasteiger partial charge in [0.15, 0.2) is 0 Å². The van der Waals surface area contributed by atoms with Crippen LogP contribution in [0.25, 0.3) is 16.9 Å². The molecule has 176 valence electrons. The number of anilines is 3. The molecule has 5 rings (SSSR count). The van der Waals surface area contributed by atoms with E-state index < -0.39 is 0 Å². The first-order valence-electron chi connectivity index (χ1n) is 11.1. The Hall–Kier alpha value is -3.56. The normalized spacial score (nSPS) is 14.0. The molecule has 1 fully saturated rings. The molecule has 4 heterocycles. The predicted octanol–water partition coefficient (Wildman–Crippen LogP) is 3.31. The number of hydrogen-bond donors (Lipinski definition) is 2. The molecule has 1 saturated heterocycles. The van der Waals surface area contributed by atoms with Crippen LogP contribution >= 0.6 is 11.6 Å². The van der Waals surface area contributed by atoms with E-state index in [9.17, 15) is 5.11 Å². The number of aliphatic hydroxyl groups is 1. The maximum Gasteiger partial charge on any atom is 0.227 e. The molecular formula is C24H26ClN7O2. The lowest BCUT2D eigenvalue weighted by atomic mass is 10.1. The maximum atomic E-state index is 9.86. The molecule has 4 aromatic rings. The molecule has 9 nitrogen and oxygen atoms in total. The van der Waals surface area contributed by atoms with Crippen LogP contribution in [-0.2, 0) is 6.61 Å². The van der Waals surface area contributed by atoms with Gasteiger partial charge in [-0.1, -0.05) is 11.6 Å². The number of imidazole rings is 1. The Kier molecular flexibility index (Phi) is 6.12. The van der Waals surface area contributed by atoms with Crippen LogP contribution in [-0.4, -0.2) is 64.8 Å². The van der Waals surface area contributed by atoms with Crippen molar-refractivity contribution in [1.82, 2.24) is 19.4 Å². The highest BCUT2D eigenvalue weighted by Crippen LogP contribution is 2.34. The summed E-state index contributed by atoms with van der Waals surface area (Å²) in [6.45, 7) is 3.26. The largest absolute Gasteiger partial charge is 0.495 e. The fraction of sp³-hybridized carbons (Fsp3) is 0.292. The third-order valence-corrected chi connectivity index (χ3v) is 6.39. The number of benzene rings is 1. The van der Waals surface area contributed by atoms with E-state index in [1.165, 1.54) is 0 Å². The van der Waals surface area contributed by atoms with Crippen LogP contribution in [0, 0.1) is 0 Å². The lowest BCUT2D eigenvalue weighted by molar-refractivity contribution is 0.281. The summed E-state index contributed by atoms with van der Waals surface area (Å²) in [7, 11) is 3.41. The number of nitrogens with one attached hydrogen (secondary N) is 1. The van der Waals surface area contributed by atoms with Crippen molar-refractivity contribution >= 4 is 34.7 Å². The summed E-state index contributed by atoms with van der Waals surface area (Å²) in [5, 5.41) is 13.4. The molecule has 1 aromatic carbocycles. The van der Waals surface area contributed by atoms with Crippen LogP contribution < -0.4 is 19.9 Å². The standard InChI is InChI=1S/C24H26ClN7O2/c1-26-22-3-5-27-24(29-22)31-9-7-30(8-10-31)17-4-6-32-14-20(28-23(32)12-17)18-13-19(25)21(34-2)11-16(18)15-33/h3-6,11-14,33H,7-10,15H2,1-2H3,(H,26,27,29). The summed E-state index contributed by atoms with van der Waals surface area (Å²) < 4.78 is 7.26. The van der Waals surface area contributed by atoms with E-state index in [1.807, 2.05) is 29.9 Å². The number of aliphatic hydroxyl groups excluding tert-OH is 1. The third-order valence-electron chi connectivity index (χ3n) is 6.09. The topological polar surface area (TPSA) is 91.1 Å². The second-order valence-corrected chi connectivity index (χ2v) is 8.45. The van der Waals surface area contributed by atoms with E-state index in [4.69, 9.17) is 21.3 Å². The van der Waals surface area contributed by atoms with Crippen LogP contribution in [0.15, 0.2) is 48.9 Å². The number of fused-ring (bicyclic) bond motifs is 1. The number of halogens is 1. The van der Waals surface area contributed by atoms with Gasteiger partial charge in [0.2, 0.25) is 5.95 Å². The highest BCUT2D eigenvalue weighted by Gasteiger charge is 2.20. The Morgan fingerprint density at radius 1 is 1.09 bits per heavy atom. The summed E-state index contributed by atoms with van der Waals surface area (Å²) in [5.41, 5.74) is 4.19. The summed E-state index contributed by atoms with van der Waals surface area (Å²) in [6.07, 6.45) is 5.74. The van der Waals surface area contributed by atoms with Gasteiger partial charge in [0.25, 0.3) is 0 Å². The number of methoxy groups -OCH3 is 1. The zero-order valence-electron chi connectivity index (χ0n) is 19.1. The Morgan fingerprint density at radius 3 is 2.62 bits per heavy atom. The molecule has 0 atom stereocenters. The van der Waals surface area contributed by atoms with Crippen molar-refractivity contribution in [2.24, 2.45) is 0 Å². The Morgan fingerprint density at radius 2 is 1.88 bits per heavy atom. The summed E-state index contributed by atoms with van der Waals surface area (Å²) >= 11 is 6.34. The minimum absolute atomic E-state index is 0.132. The summed E-state index contributed by atoms with van der Waals surface area (Å²) in [6, 6.07) is 9.58. The maximum absolute atomic E-state index is 9.86. The summed E-state index contributed by atoms with van der Waals surface area (Å²) in [5.74, 6) is 2.09. The molecule has 1 aliphatic heterocycles. The van der Waals surface area contributed by atoms with E-state index in [-0.39, 0.29) is 6.61 Å². The molecule has 10 heteroatoms. The van der Waals surface area contributed by atoms with Crippen molar-refractivity contribution in [3.05, 3.63) is 59.5 Å². The molecule has 0 spiro atoms. The van der Waals surface area contributed by atoms with E-state index in [1.54, 1.807) is 25.4 Å².